The number of hydrogen-bond acceptors (Lipinski definition) is 2. The smallest absolute Gasteiger partial charge is 0.0726 e. The van der Waals surface area contributed by atoms with Crippen molar-refractivity contribution in [2.45, 2.75) is 25.7 Å². The molecule has 1 aromatic heterocycles. The Morgan fingerprint density at radius 2 is 1.81 bits per heavy atom. The summed E-state index contributed by atoms with van der Waals surface area (Å²) in [5.74, 6) is 0. The maximum Gasteiger partial charge on any atom is 0.0726 e. The zero-order valence-corrected chi connectivity index (χ0v) is 9.80. The third-order valence-electron chi connectivity index (χ3n) is 3.21. The Morgan fingerprint density at radius 3 is 2.69 bits per heavy atom. The van der Waals surface area contributed by atoms with Crippen molar-refractivity contribution in [1.82, 2.24) is 4.98 Å². The van der Waals surface area contributed by atoms with E-state index < -0.39 is 0 Å². The fourth-order valence-electron chi connectivity index (χ4n) is 2.41. The SMILES string of the molecule is Nc1c2c(nc3ccccc13)CCCC2.[Cl-]. The van der Waals surface area contributed by atoms with E-state index in [1.54, 1.807) is 0 Å². The second kappa shape index (κ2) is 4.30. The molecule has 1 aliphatic rings. The van der Waals surface area contributed by atoms with Gasteiger partial charge in [0.2, 0.25) is 0 Å². The van der Waals surface area contributed by atoms with Gasteiger partial charge in [-0.05, 0) is 37.3 Å². The minimum atomic E-state index is 0. The van der Waals surface area contributed by atoms with E-state index in [-0.39, 0.29) is 12.4 Å². The van der Waals surface area contributed by atoms with E-state index >= 15 is 0 Å². The van der Waals surface area contributed by atoms with E-state index in [0.717, 1.165) is 29.4 Å². The van der Waals surface area contributed by atoms with Crippen molar-refractivity contribution >= 4 is 16.6 Å². The van der Waals surface area contributed by atoms with Crippen LogP contribution >= 0.6 is 0 Å². The molecule has 2 nitrogen and oxygen atoms in total. The first-order valence-corrected chi connectivity index (χ1v) is 5.52. The summed E-state index contributed by atoms with van der Waals surface area (Å²) >= 11 is 0. The summed E-state index contributed by atoms with van der Waals surface area (Å²) in [5, 5.41) is 1.11. The molecule has 0 amide bonds. The number of rotatable bonds is 0. The molecule has 1 heterocycles. The van der Waals surface area contributed by atoms with Gasteiger partial charge < -0.3 is 18.1 Å². The number of fused-ring (bicyclic) bond motifs is 2. The van der Waals surface area contributed by atoms with Gasteiger partial charge in [-0.1, -0.05) is 18.2 Å². The molecule has 0 radical (unpaired) electrons. The summed E-state index contributed by atoms with van der Waals surface area (Å²) in [4.78, 5) is 4.70. The van der Waals surface area contributed by atoms with Crippen molar-refractivity contribution in [1.29, 1.82) is 0 Å². The van der Waals surface area contributed by atoms with Gasteiger partial charge in [0.15, 0.2) is 0 Å². The molecule has 3 rings (SSSR count). The Bertz CT molecular complexity index is 523. The Hall–Kier alpha value is -1.28. The standard InChI is InChI=1S/C13H14N2.ClH/c14-13-9-5-1-3-7-11(9)15-12-8-4-2-6-10(12)13;/h1,3,5,7H,2,4,6,8H2,(H2,14,15);1H/p-1. The molecule has 2 aromatic rings. The van der Waals surface area contributed by atoms with Gasteiger partial charge >= 0.3 is 0 Å². The first-order valence-electron chi connectivity index (χ1n) is 5.52. The fraction of sp³-hybridized carbons (Fsp3) is 0.308. The van der Waals surface area contributed by atoms with Gasteiger partial charge in [-0.2, -0.15) is 0 Å². The van der Waals surface area contributed by atoms with E-state index in [9.17, 15) is 0 Å². The summed E-state index contributed by atoms with van der Waals surface area (Å²) in [5.41, 5.74) is 10.7. The van der Waals surface area contributed by atoms with Crippen LogP contribution in [-0.2, 0) is 12.8 Å². The summed E-state index contributed by atoms with van der Waals surface area (Å²) in [6.07, 6.45) is 4.68. The average molecular weight is 234 g/mol. The molecule has 0 saturated carbocycles. The normalized spacial score (nSPS) is 14.2. The van der Waals surface area contributed by atoms with Crippen LogP contribution in [0.25, 0.3) is 10.9 Å². The van der Waals surface area contributed by atoms with Crippen molar-refractivity contribution in [2.24, 2.45) is 0 Å². The average Bonchev–Trinajstić information content (AvgIpc) is 2.30. The van der Waals surface area contributed by atoms with Crippen LogP contribution in [0.3, 0.4) is 0 Å². The van der Waals surface area contributed by atoms with Crippen molar-refractivity contribution < 1.29 is 12.4 Å². The number of nitrogen functional groups attached to an aromatic ring is 1. The van der Waals surface area contributed by atoms with Gasteiger partial charge in [-0.15, -0.1) is 0 Å². The van der Waals surface area contributed by atoms with E-state index in [2.05, 4.69) is 6.07 Å². The highest BCUT2D eigenvalue weighted by atomic mass is 35.5. The number of halogens is 1. The third kappa shape index (κ3) is 1.63. The molecule has 2 N–H and O–H groups in total. The lowest BCUT2D eigenvalue weighted by Gasteiger charge is -2.18. The highest BCUT2D eigenvalue weighted by molar-refractivity contribution is 5.92. The van der Waals surface area contributed by atoms with Gasteiger partial charge in [0.1, 0.15) is 0 Å². The number of benzene rings is 1. The van der Waals surface area contributed by atoms with E-state index in [4.69, 9.17) is 10.7 Å². The van der Waals surface area contributed by atoms with Crippen LogP contribution in [0.4, 0.5) is 5.69 Å². The number of anilines is 1. The summed E-state index contributed by atoms with van der Waals surface area (Å²) in [7, 11) is 0. The van der Waals surface area contributed by atoms with E-state index in [1.165, 1.54) is 24.1 Å². The van der Waals surface area contributed by atoms with Gasteiger partial charge in [0.25, 0.3) is 0 Å². The van der Waals surface area contributed by atoms with Crippen LogP contribution in [0.1, 0.15) is 24.1 Å². The lowest BCUT2D eigenvalue weighted by molar-refractivity contribution is -0.00000308. The van der Waals surface area contributed by atoms with Crippen molar-refractivity contribution in [3.8, 4) is 0 Å². The molecule has 0 saturated heterocycles. The predicted molar refractivity (Wildman–Crippen MR) is 62.8 cm³/mol. The zero-order chi connectivity index (χ0) is 10.3. The number of para-hydroxylation sites is 1. The summed E-state index contributed by atoms with van der Waals surface area (Å²) in [6, 6.07) is 8.15. The maximum absolute atomic E-state index is 6.20. The first-order chi connectivity index (χ1) is 7.36. The third-order valence-corrected chi connectivity index (χ3v) is 3.21. The molecule has 1 aliphatic carbocycles. The van der Waals surface area contributed by atoms with Gasteiger partial charge in [-0.3, -0.25) is 4.98 Å². The van der Waals surface area contributed by atoms with Crippen LogP contribution < -0.4 is 18.1 Å². The number of hydrogen-bond donors (Lipinski definition) is 1. The number of aromatic nitrogens is 1. The molecule has 3 heteroatoms. The van der Waals surface area contributed by atoms with Crippen LogP contribution in [-0.4, -0.2) is 4.98 Å². The number of aryl methyl sites for hydroxylation is 1. The number of nitrogens with zero attached hydrogens (tertiary/aromatic N) is 1. The molecule has 0 spiro atoms. The van der Waals surface area contributed by atoms with Crippen molar-refractivity contribution in [3.05, 3.63) is 35.5 Å². The quantitative estimate of drug-likeness (QED) is 0.679. The Kier molecular flexibility index (Phi) is 3.01. The van der Waals surface area contributed by atoms with Crippen LogP contribution in [0.2, 0.25) is 0 Å². The highest BCUT2D eigenvalue weighted by Gasteiger charge is 2.15. The summed E-state index contributed by atoms with van der Waals surface area (Å²) < 4.78 is 0. The van der Waals surface area contributed by atoms with Crippen molar-refractivity contribution in [3.63, 3.8) is 0 Å². The second-order valence-corrected chi connectivity index (χ2v) is 4.17. The number of nitrogens with two attached hydrogens (primary N) is 1. The lowest BCUT2D eigenvalue weighted by Crippen LogP contribution is -3.00. The zero-order valence-electron chi connectivity index (χ0n) is 9.04. The molecule has 0 atom stereocenters. The van der Waals surface area contributed by atoms with Gasteiger partial charge in [0.05, 0.1) is 5.52 Å². The molecule has 0 unspecified atom stereocenters. The Balaban J connectivity index is 0.000000963. The number of pyridine rings is 1. The van der Waals surface area contributed by atoms with Crippen LogP contribution in [0.5, 0.6) is 0 Å². The minimum absolute atomic E-state index is 0. The topological polar surface area (TPSA) is 38.9 Å². The molecular weight excluding hydrogens is 220 g/mol. The van der Waals surface area contributed by atoms with Crippen molar-refractivity contribution in [2.75, 3.05) is 5.73 Å². The molecule has 1 aromatic carbocycles. The molecule has 84 valence electrons. The fourth-order valence-corrected chi connectivity index (χ4v) is 2.41. The van der Waals surface area contributed by atoms with E-state index in [1.807, 2.05) is 18.2 Å². The molecule has 16 heavy (non-hydrogen) atoms. The van der Waals surface area contributed by atoms with Crippen LogP contribution in [0.15, 0.2) is 24.3 Å². The summed E-state index contributed by atoms with van der Waals surface area (Å²) in [6.45, 7) is 0. The van der Waals surface area contributed by atoms with Crippen LogP contribution in [0, 0.1) is 0 Å². The predicted octanol–water partition coefficient (Wildman–Crippen LogP) is -0.300. The highest BCUT2D eigenvalue weighted by Crippen LogP contribution is 2.30. The molecule has 0 aliphatic heterocycles. The lowest BCUT2D eigenvalue weighted by atomic mass is 9.93. The molecule has 0 bridgehead atoms. The Labute approximate surface area is 101 Å². The maximum atomic E-state index is 6.20. The largest absolute Gasteiger partial charge is 1.00 e. The van der Waals surface area contributed by atoms with E-state index in [0.29, 0.717) is 0 Å². The van der Waals surface area contributed by atoms with Gasteiger partial charge in [0, 0.05) is 16.8 Å². The molecule has 0 fully saturated rings. The second-order valence-electron chi connectivity index (χ2n) is 4.17. The molecular formula is C13H14ClN2-. The monoisotopic (exact) mass is 233 g/mol. The minimum Gasteiger partial charge on any atom is -1.00 e. The first kappa shape index (κ1) is 11.2. The Morgan fingerprint density at radius 1 is 1.06 bits per heavy atom. The van der Waals surface area contributed by atoms with Gasteiger partial charge in [-0.25, -0.2) is 0 Å².